The van der Waals surface area contributed by atoms with Crippen LogP contribution in [-0.4, -0.2) is 12.4 Å². The van der Waals surface area contributed by atoms with Crippen LogP contribution in [-0.2, 0) is 0 Å². The zero-order valence-corrected chi connectivity index (χ0v) is 12.1. The van der Waals surface area contributed by atoms with Crippen molar-refractivity contribution < 1.29 is 4.74 Å². The number of nitrogen functional groups attached to an aromatic ring is 1. The van der Waals surface area contributed by atoms with Crippen LogP contribution in [0.3, 0.4) is 0 Å². The summed E-state index contributed by atoms with van der Waals surface area (Å²) in [6.45, 7) is 7.14. The van der Waals surface area contributed by atoms with Gasteiger partial charge in [-0.25, -0.2) is 0 Å². The van der Waals surface area contributed by atoms with Crippen molar-refractivity contribution in [3.05, 3.63) is 28.2 Å². The van der Waals surface area contributed by atoms with Gasteiger partial charge < -0.3 is 10.5 Å². The number of nitrogens with two attached hydrogens (primary N) is 1. The minimum Gasteiger partial charge on any atom is -0.493 e. The molecule has 0 unspecified atom stereocenters. The highest BCUT2D eigenvalue weighted by atomic mass is 79.9. The molecule has 94 valence electrons. The molecule has 1 aromatic carbocycles. The van der Waals surface area contributed by atoms with Gasteiger partial charge in [0.1, 0.15) is 11.6 Å². The summed E-state index contributed by atoms with van der Waals surface area (Å²) in [5.74, 6) is 0.696. The molecule has 0 aromatic heterocycles. The van der Waals surface area contributed by atoms with Crippen molar-refractivity contribution in [1.82, 2.24) is 0 Å². The topological polar surface area (TPSA) is 59.1 Å². The second kappa shape index (κ2) is 5.54. The molecule has 3 N–H and O–H groups in total. The molecule has 0 bridgehead atoms. The van der Waals surface area contributed by atoms with Crippen LogP contribution in [0.1, 0.15) is 32.8 Å². The molecule has 1 aromatic rings. The van der Waals surface area contributed by atoms with E-state index in [4.69, 9.17) is 15.9 Å². The Morgan fingerprint density at radius 3 is 2.59 bits per heavy atom. The number of nitrogens with one attached hydrogen (secondary N) is 1. The second-order valence-electron chi connectivity index (χ2n) is 5.21. The van der Waals surface area contributed by atoms with Crippen LogP contribution in [0.4, 0.5) is 0 Å². The van der Waals surface area contributed by atoms with E-state index in [-0.39, 0.29) is 11.3 Å². The van der Waals surface area contributed by atoms with Crippen molar-refractivity contribution in [3.8, 4) is 5.75 Å². The Morgan fingerprint density at radius 2 is 2.06 bits per heavy atom. The Balaban J connectivity index is 2.74. The fourth-order valence-corrected chi connectivity index (χ4v) is 1.67. The molecule has 0 aliphatic carbocycles. The summed E-state index contributed by atoms with van der Waals surface area (Å²) in [5.41, 5.74) is 6.40. The van der Waals surface area contributed by atoms with Gasteiger partial charge in [0.25, 0.3) is 0 Å². The van der Waals surface area contributed by atoms with Gasteiger partial charge >= 0.3 is 0 Å². The Bertz CT molecular complexity index is 410. The lowest BCUT2D eigenvalue weighted by Crippen LogP contribution is -2.15. The van der Waals surface area contributed by atoms with Gasteiger partial charge in [0.2, 0.25) is 0 Å². The predicted molar refractivity (Wildman–Crippen MR) is 74.7 cm³/mol. The SMILES string of the molecule is CC(C)(C)CCOc1ccc(Br)cc1C(=N)N. The van der Waals surface area contributed by atoms with E-state index in [2.05, 4.69) is 36.7 Å². The lowest BCUT2D eigenvalue weighted by atomic mass is 9.93. The van der Waals surface area contributed by atoms with Gasteiger partial charge in [-0.05, 0) is 30.0 Å². The van der Waals surface area contributed by atoms with Crippen LogP contribution in [0.25, 0.3) is 0 Å². The third kappa shape index (κ3) is 4.77. The maximum Gasteiger partial charge on any atom is 0.130 e. The van der Waals surface area contributed by atoms with Gasteiger partial charge in [-0.3, -0.25) is 5.41 Å². The number of hydrogen-bond donors (Lipinski definition) is 2. The van der Waals surface area contributed by atoms with E-state index >= 15 is 0 Å². The molecule has 0 spiro atoms. The van der Waals surface area contributed by atoms with E-state index in [9.17, 15) is 0 Å². The molecule has 3 nitrogen and oxygen atoms in total. The molecule has 0 aliphatic heterocycles. The lowest BCUT2D eigenvalue weighted by Gasteiger charge is -2.19. The average Bonchev–Trinajstić information content (AvgIpc) is 2.18. The molecule has 0 saturated heterocycles. The van der Waals surface area contributed by atoms with Crippen LogP contribution in [0, 0.1) is 10.8 Å². The number of benzene rings is 1. The zero-order valence-electron chi connectivity index (χ0n) is 10.5. The summed E-state index contributed by atoms with van der Waals surface area (Å²) in [6.07, 6.45) is 0.959. The molecule has 1 rings (SSSR count). The van der Waals surface area contributed by atoms with Gasteiger partial charge in [-0.2, -0.15) is 0 Å². The van der Waals surface area contributed by atoms with E-state index < -0.39 is 0 Å². The maximum absolute atomic E-state index is 7.51. The minimum atomic E-state index is 0.0251. The Morgan fingerprint density at radius 1 is 1.41 bits per heavy atom. The van der Waals surface area contributed by atoms with Crippen LogP contribution in [0.2, 0.25) is 0 Å². The molecular formula is C13H19BrN2O. The van der Waals surface area contributed by atoms with Crippen molar-refractivity contribution in [2.24, 2.45) is 11.1 Å². The largest absolute Gasteiger partial charge is 0.493 e. The first-order valence-corrected chi connectivity index (χ1v) is 6.36. The number of rotatable bonds is 4. The molecule has 0 amide bonds. The first-order chi connectivity index (χ1) is 7.79. The van der Waals surface area contributed by atoms with E-state index in [0.717, 1.165) is 10.9 Å². The summed E-state index contributed by atoms with van der Waals surface area (Å²) in [5, 5.41) is 7.51. The molecule has 0 aliphatic rings. The summed E-state index contributed by atoms with van der Waals surface area (Å²) < 4.78 is 6.58. The lowest BCUT2D eigenvalue weighted by molar-refractivity contribution is 0.242. The van der Waals surface area contributed by atoms with E-state index in [1.165, 1.54) is 0 Å². The smallest absolute Gasteiger partial charge is 0.130 e. The predicted octanol–water partition coefficient (Wildman–Crippen LogP) is 3.55. The van der Waals surface area contributed by atoms with E-state index in [1.807, 2.05) is 12.1 Å². The zero-order chi connectivity index (χ0) is 13.1. The van der Waals surface area contributed by atoms with Crippen LogP contribution in [0.5, 0.6) is 5.75 Å². The molecule has 0 atom stereocenters. The average molecular weight is 299 g/mol. The van der Waals surface area contributed by atoms with Crippen LogP contribution >= 0.6 is 15.9 Å². The van der Waals surface area contributed by atoms with Gasteiger partial charge in [-0.15, -0.1) is 0 Å². The van der Waals surface area contributed by atoms with Crippen molar-refractivity contribution >= 4 is 21.8 Å². The van der Waals surface area contributed by atoms with E-state index in [1.54, 1.807) is 6.07 Å². The van der Waals surface area contributed by atoms with Crippen molar-refractivity contribution in [2.75, 3.05) is 6.61 Å². The molecule has 17 heavy (non-hydrogen) atoms. The normalized spacial score (nSPS) is 11.3. The molecule has 0 fully saturated rings. The third-order valence-electron chi connectivity index (χ3n) is 2.34. The molecule has 0 radical (unpaired) electrons. The summed E-state index contributed by atoms with van der Waals surface area (Å²) in [4.78, 5) is 0. The number of ether oxygens (including phenoxy) is 1. The Labute approximate surface area is 111 Å². The number of hydrogen-bond acceptors (Lipinski definition) is 2. The first kappa shape index (κ1) is 14.0. The Hall–Kier alpha value is -1.03. The molecule has 0 heterocycles. The minimum absolute atomic E-state index is 0.0251. The van der Waals surface area contributed by atoms with Crippen LogP contribution in [0.15, 0.2) is 22.7 Å². The Kier molecular flexibility index (Phi) is 4.57. The van der Waals surface area contributed by atoms with Crippen molar-refractivity contribution in [3.63, 3.8) is 0 Å². The molecule has 0 saturated carbocycles. The quantitative estimate of drug-likeness (QED) is 0.660. The third-order valence-corrected chi connectivity index (χ3v) is 2.83. The summed E-state index contributed by atoms with van der Waals surface area (Å²) >= 11 is 3.36. The van der Waals surface area contributed by atoms with Crippen LogP contribution < -0.4 is 10.5 Å². The number of amidine groups is 1. The van der Waals surface area contributed by atoms with Gasteiger partial charge in [-0.1, -0.05) is 36.7 Å². The number of halogens is 1. The van der Waals surface area contributed by atoms with E-state index in [0.29, 0.717) is 17.9 Å². The highest BCUT2D eigenvalue weighted by Crippen LogP contribution is 2.24. The van der Waals surface area contributed by atoms with Gasteiger partial charge in [0.15, 0.2) is 0 Å². The summed E-state index contributed by atoms with van der Waals surface area (Å²) in [7, 11) is 0. The standard InChI is InChI=1S/C13H19BrN2O/c1-13(2,3)6-7-17-11-5-4-9(14)8-10(11)12(15)16/h4-5,8H,6-7H2,1-3H3,(H3,15,16). The fraction of sp³-hybridized carbons (Fsp3) is 0.462. The van der Waals surface area contributed by atoms with Gasteiger partial charge in [0, 0.05) is 4.47 Å². The molecular weight excluding hydrogens is 280 g/mol. The monoisotopic (exact) mass is 298 g/mol. The second-order valence-corrected chi connectivity index (χ2v) is 6.13. The van der Waals surface area contributed by atoms with Crippen molar-refractivity contribution in [2.45, 2.75) is 27.2 Å². The summed E-state index contributed by atoms with van der Waals surface area (Å²) in [6, 6.07) is 5.52. The van der Waals surface area contributed by atoms with Crippen molar-refractivity contribution in [1.29, 1.82) is 5.41 Å². The first-order valence-electron chi connectivity index (χ1n) is 5.56. The van der Waals surface area contributed by atoms with Gasteiger partial charge in [0.05, 0.1) is 12.2 Å². The highest BCUT2D eigenvalue weighted by molar-refractivity contribution is 9.10. The molecule has 4 heteroatoms. The highest BCUT2D eigenvalue weighted by Gasteiger charge is 2.12. The maximum atomic E-state index is 7.51. The fourth-order valence-electron chi connectivity index (χ4n) is 1.31.